The summed E-state index contributed by atoms with van der Waals surface area (Å²) >= 11 is 0. The van der Waals surface area contributed by atoms with Gasteiger partial charge in [0.1, 0.15) is 5.69 Å². The number of hydrogen-bond donors (Lipinski definition) is 2. The van der Waals surface area contributed by atoms with Crippen molar-refractivity contribution in [3.8, 4) is 0 Å². The third-order valence-electron chi connectivity index (χ3n) is 4.19. The highest BCUT2D eigenvalue weighted by molar-refractivity contribution is 5.93. The summed E-state index contributed by atoms with van der Waals surface area (Å²) in [7, 11) is 0. The average Bonchev–Trinajstić information content (AvgIpc) is 2.47. The molecule has 0 aromatic carbocycles. The molecule has 110 valence electrons. The summed E-state index contributed by atoms with van der Waals surface area (Å²) in [6.45, 7) is 5.86. The molecular formula is C16H25N3O. The smallest absolute Gasteiger partial charge is 0.269 e. The van der Waals surface area contributed by atoms with E-state index in [4.69, 9.17) is 0 Å². The maximum absolute atomic E-state index is 11.8. The molecule has 1 saturated carbocycles. The molecule has 1 heterocycles. The lowest BCUT2D eigenvalue weighted by Crippen LogP contribution is -2.25. The third-order valence-corrected chi connectivity index (χ3v) is 4.19. The number of nitrogens with one attached hydrogen (secondary N) is 2. The van der Waals surface area contributed by atoms with E-state index in [1.165, 1.54) is 25.7 Å². The van der Waals surface area contributed by atoms with Crippen LogP contribution in [0, 0.1) is 11.8 Å². The zero-order valence-corrected chi connectivity index (χ0v) is 12.5. The zero-order chi connectivity index (χ0) is 14.4. The molecule has 4 heteroatoms. The molecule has 1 fully saturated rings. The van der Waals surface area contributed by atoms with E-state index in [1.54, 1.807) is 6.20 Å². The number of aromatic nitrogens is 1. The minimum absolute atomic E-state index is 0.109. The van der Waals surface area contributed by atoms with E-state index in [0.29, 0.717) is 12.2 Å². The van der Waals surface area contributed by atoms with E-state index in [9.17, 15) is 4.79 Å². The second-order valence-electron chi connectivity index (χ2n) is 5.69. The molecule has 1 aromatic rings. The second-order valence-corrected chi connectivity index (χ2v) is 5.69. The number of rotatable bonds is 5. The average molecular weight is 275 g/mol. The monoisotopic (exact) mass is 275 g/mol. The zero-order valence-electron chi connectivity index (χ0n) is 12.5. The fourth-order valence-corrected chi connectivity index (χ4v) is 2.86. The minimum atomic E-state index is -0.109. The van der Waals surface area contributed by atoms with Crippen molar-refractivity contribution in [1.82, 2.24) is 10.3 Å². The largest absolute Gasteiger partial charge is 0.385 e. The molecule has 0 saturated heterocycles. The molecule has 0 bridgehead atoms. The number of pyridine rings is 1. The topological polar surface area (TPSA) is 54.0 Å². The first kappa shape index (κ1) is 14.8. The summed E-state index contributed by atoms with van der Waals surface area (Å²) in [6.07, 6.45) is 7.05. The van der Waals surface area contributed by atoms with Gasteiger partial charge in [0, 0.05) is 25.0 Å². The Bertz CT molecular complexity index is 447. The number of nitrogens with zero attached hydrogens (tertiary/aromatic N) is 1. The molecular weight excluding hydrogens is 250 g/mol. The van der Waals surface area contributed by atoms with Gasteiger partial charge in [-0.25, -0.2) is 0 Å². The minimum Gasteiger partial charge on any atom is -0.385 e. The SMILES string of the molecule is CCNC(=O)c1cc(NCC2CCCCC2C)ccn1. The second kappa shape index (κ2) is 7.27. The van der Waals surface area contributed by atoms with Crippen LogP contribution in [0.1, 0.15) is 50.0 Å². The summed E-state index contributed by atoms with van der Waals surface area (Å²) in [5.74, 6) is 1.42. The van der Waals surface area contributed by atoms with E-state index in [2.05, 4.69) is 22.5 Å². The van der Waals surface area contributed by atoms with Crippen molar-refractivity contribution in [1.29, 1.82) is 0 Å². The quantitative estimate of drug-likeness (QED) is 0.868. The lowest BCUT2D eigenvalue weighted by molar-refractivity contribution is 0.0951. The van der Waals surface area contributed by atoms with Crippen molar-refractivity contribution in [2.75, 3.05) is 18.4 Å². The van der Waals surface area contributed by atoms with Crippen LogP contribution in [-0.2, 0) is 0 Å². The Hall–Kier alpha value is -1.58. The molecule has 0 spiro atoms. The Morgan fingerprint density at radius 2 is 2.20 bits per heavy atom. The number of carbonyl (C=O) groups excluding carboxylic acids is 1. The summed E-state index contributed by atoms with van der Waals surface area (Å²) in [5.41, 5.74) is 1.47. The van der Waals surface area contributed by atoms with Gasteiger partial charge in [-0.3, -0.25) is 9.78 Å². The van der Waals surface area contributed by atoms with Crippen LogP contribution in [0.3, 0.4) is 0 Å². The van der Waals surface area contributed by atoms with Crippen LogP contribution >= 0.6 is 0 Å². The Balaban J connectivity index is 1.92. The number of amides is 1. The highest BCUT2D eigenvalue weighted by Gasteiger charge is 2.20. The van der Waals surface area contributed by atoms with Gasteiger partial charge in [0.25, 0.3) is 5.91 Å². The van der Waals surface area contributed by atoms with Crippen LogP contribution in [0.4, 0.5) is 5.69 Å². The number of carbonyl (C=O) groups is 1. The van der Waals surface area contributed by atoms with Crippen molar-refractivity contribution < 1.29 is 4.79 Å². The molecule has 4 nitrogen and oxygen atoms in total. The van der Waals surface area contributed by atoms with Gasteiger partial charge in [-0.2, -0.15) is 0 Å². The normalized spacial score (nSPS) is 22.3. The van der Waals surface area contributed by atoms with Gasteiger partial charge >= 0.3 is 0 Å². The molecule has 1 aromatic heterocycles. The van der Waals surface area contributed by atoms with Gasteiger partial charge in [-0.15, -0.1) is 0 Å². The highest BCUT2D eigenvalue weighted by atomic mass is 16.1. The lowest BCUT2D eigenvalue weighted by atomic mass is 9.80. The summed E-state index contributed by atoms with van der Waals surface area (Å²) in [6, 6.07) is 3.76. The summed E-state index contributed by atoms with van der Waals surface area (Å²) < 4.78 is 0. The van der Waals surface area contributed by atoms with Crippen molar-refractivity contribution in [2.45, 2.75) is 39.5 Å². The first-order valence-electron chi connectivity index (χ1n) is 7.68. The predicted molar refractivity (Wildman–Crippen MR) is 81.9 cm³/mol. The van der Waals surface area contributed by atoms with Crippen LogP contribution in [0.15, 0.2) is 18.3 Å². The van der Waals surface area contributed by atoms with E-state index >= 15 is 0 Å². The first-order chi connectivity index (χ1) is 9.70. The Labute approximate surface area is 121 Å². The van der Waals surface area contributed by atoms with Crippen molar-refractivity contribution in [3.05, 3.63) is 24.0 Å². The van der Waals surface area contributed by atoms with Gasteiger partial charge in [-0.05, 0) is 37.3 Å². The van der Waals surface area contributed by atoms with E-state index in [1.807, 2.05) is 19.1 Å². The molecule has 1 aliphatic rings. The molecule has 2 N–H and O–H groups in total. The van der Waals surface area contributed by atoms with E-state index < -0.39 is 0 Å². The Morgan fingerprint density at radius 1 is 1.40 bits per heavy atom. The molecule has 2 rings (SSSR count). The van der Waals surface area contributed by atoms with Crippen LogP contribution < -0.4 is 10.6 Å². The molecule has 1 amide bonds. The molecule has 20 heavy (non-hydrogen) atoms. The number of hydrogen-bond acceptors (Lipinski definition) is 3. The standard InChI is InChI=1S/C16H25N3O/c1-3-17-16(20)15-10-14(8-9-18-15)19-11-13-7-5-4-6-12(13)2/h8-10,12-13H,3-7,11H2,1-2H3,(H,17,20)(H,18,19). The maximum Gasteiger partial charge on any atom is 0.269 e. The molecule has 0 radical (unpaired) electrons. The molecule has 0 aliphatic heterocycles. The van der Waals surface area contributed by atoms with Gasteiger partial charge in [0.15, 0.2) is 0 Å². The summed E-state index contributed by atoms with van der Waals surface area (Å²) in [4.78, 5) is 15.9. The van der Waals surface area contributed by atoms with Crippen LogP contribution in [0.5, 0.6) is 0 Å². The van der Waals surface area contributed by atoms with Crippen molar-refractivity contribution in [2.24, 2.45) is 11.8 Å². The molecule has 2 unspecified atom stereocenters. The van der Waals surface area contributed by atoms with E-state index in [0.717, 1.165) is 24.1 Å². The molecule has 2 atom stereocenters. The van der Waals surface area contributed by atoms with Gasteiger partial charge in [0.05, 0.1) is 0 Å². The van der Waals surface area contributed by atoms with Crippen molar-refractivity contribution in [3.63, 3.8) is 0 Å². The molecule has 1 aliphatic carbocycles. The van der Waals surface area contributed by atoms with Crippen LogP contribution in [0.25, 0.3) is 0 Å². The van der Waals surface area contributed by atoms with Gasteiger partial charge in [0.2, 0.25) is 0 Å². The fraction of sp³-hybridized carbons (Fsp3) is 0.625. The number of anilines is 1. The van der Waals surface area contributed by atoms with Gasteiger partial charge in [-0.1, -0.05) is 26.2 Å². The van der Waals surface area contributed by atoms with Crippen LogP contribution in [0.2, 0.25) is 0 Å². The lowest BCUT2D eigenvalue weighted by Gasteiger charge is -2.29. The third kappa shape index (κ3) is 3.95. The van der Waals surface area contributed by atoms with Gasteiger partial charge < -0.3 is 10.6 Å². The Morgan fingerprint density at radius 3 is 2.95 bits per heavy atom. The first-order valence-corrected chi connectivity index (χ1v) is 7.68. The predicted octanol–water partition coefficient (Wildman–Crippen LogP) is 3.07. The highest BCUT2D eigenvalue weighted by Crippen LogP contribution is 2.29. The summed E-state index contributed by atoms with van der Waals surface area (Å²) in [5, 5.41) is 6.23. The van der Waals surface area contributed by atoms with Crippen LogP contribution in [-0.4, -0.2) is 24.0 Å². The van der Waals surface area contributed by atoms with Crippen molar-refractivity contribution >= 4 is 11.6 Å². The maximum atomic E-state index is 11.8. The van der Waals surface area contributed by atoms with E-state index in [-0.39, 0.29) is 5.91 Å². The Kier molecular flexibility index (Phi) is 5.39. The fourth-order valence-electron chi connectivity index (χ4n) is 2.86.